The van der Waals surface area contributed by atoms with Crippen molar-refractivity contribution in [1.29, 1.82) is 0 Å². The second-order valence-corrected chi connectivity index (χ2v) is 6.57. The SMILES string of the molecule is CN(C)Cc1nc(C(=O)O)nn1-c1ccc([N+](=O)[O-])cc1C(=O)c1ccccc1F. The van der Waals surface area contributed by atoms with Crippen molar-refractivity contribution in [3.05, 3.63) is 81.2 Å². The van der Waals surface area contributed by atoms with Crippen LogP contribution in [0.15, 0.2) is 42.5 Å². The Balaban J connectivity index is 2.26. The summed E-state index contributed by atoms with van der Waals surface area (Å²) in [6.45, 7) is 0.171. The molecule has 2 aromatic carbocycles. The molecule has 1 N–H and O–H groups in total. The number of non-ortho nitro benzene ring substituents is 1. The van der Waals surface area contributed by atoms with Gasteiger partial charge in [0.25, 0.3) is 11.5 Å². The van der Waals surface area contributed by atoms with Crippen LogP contribution in [0.1, 0.15) is 32.4 Å². The number of carbonyl (C=O) groups excluding carboxylic acids is 1. The summed E-state index contributed by atoms with van der Waals surface area (Å²) in [5, 5.41) is 24.4. The number of carboxylic acids is 1. The molecule has 1 heterocycles. The lowest BCUT2D eigenvalue weighted by Crippen LogP contribution is -2.17. The van der Waals surface area contributed by atoms with Gasteiger partial charge in [-0.05, 0) is 32.3 Å². The average Bonchev–Trinajstić information content (AvgIpc) is 3.10. The maximum Gasteiger partial charge on any atom is 0.375 e. The summed E-state index contributed by atoms with van der Waals surface area (Å²) in [5.41, 5.74) is -0.833. The molecule has 0 unspecified atom stereocenters. The number of halogens is 1. The molecule has 0 saturated carbocycles. The molecule has 0 spiro atoms. The average molecular weight is 413 g/mol. The molecule has 3 rings (SSSR count). The molecule has 30 heavy (non-hydrogen) atoms. The van der Waals surface area contributed by atoms with E-state index in [-0.39, 0.29) is 34.9 Å². The molecule has 0 atom stereocenters. The van der Waals surface area contributed by atoms with E-state index in [4.69, 9.17) is 0 Å². The normalized spacial score (nSPS) is 10.9. The monoisotopic (exact) mass is 413 g/mol. The van der Waals surface area contributed by atoms with Crippen LogP contribution in [0.5, 0.6) is 0 Å². The van der Waals surface area contributed by atoms with E-state index < -0.39 is 28.3 Å². The molecule has 0 saturated heterocycles. The highest BCUT2D eigenvalue weighted by atomic mass is 19.1. The summed E-state index contributed by atoms with van der Waals surface area (Å²) >= 11 is 0. The molecule has 154 valence electrons. The zero-order chi connectivity index (χ0) is 22.0. The van der Waals surface area contributed by atoms with Gasteiger partial charge in [0, 0.05) is 12.1 Å². The Labute approximate surface area is 169 Å². The molecule has 0 bridgehead atoms. The molecule has 1 aromatic heterocycles. The zero-order valence-corrected chi connectivity index (χ0v) is 15.9. The third-order valence-corrected chi connectivity index (χ3v) is 4.11. The largest absolute Gasteiger partial charge is 0.475 e. The molecule has 3 aromatic rings. The quantitative estimate of drug-likeness (QED) is 0.355. The van der Waals surface area contributed by atoms with E-state index in [9.17, 15) is 29.2 Å². The number of carboxylic acid groups (broad SMARTS) is 1. The van der Waals surface area contributed by atoms with Crippen molar-refractivity contribution >= 4 is 17.4 Å². The fraction of sp³-hybridized carbons (Fsp3) is 0.158. The van der Waals surface area contributed by atoms with Gasteiger partial charge in [0.05, 0.1) is 28.3 Å². The number of aromatic nitrogens is 3. The summed E-state index contributed by atoms with van der Waals surface area (Å²) in [5.74, 6) is -3.30. The third kappa shape index (κ3) is 4.05. The molecule has 0 aliphatic rings. The summed E-state index contributed by atoms with van der Waals surface area (Å²) in [4.78, 5) is 40.6. The first-order valence-corrected chi connectivity index (χ1v) is 8.61. The van der Waals surface area contributed by atoms with Crippen molar-refractivity contribution in [3.8, 4) is 5.69 Å². The van der Waals surface area contributed by atoms with Crippen molar-refractivity contribution in [1.82, 2.24) is 19.7 Å². The highest BCUT2D eigenvalue weighted by Gasteiger charge is 2.25. The van der Waals surface area contributed by atoms with E-state index in [0.29, 0.717) is 0 Å². The first-order valence-electron chi connectivity index (χ1n) is 8.61. The number of benzene rings is 2. The van der Waals surface area contributed by atoms with Gasteiger partial charge in [-0.15, -0.1) is 5.10 Å². The Morgan fingerprint density at radius 1 is 1.20 bits per heavy atom. The Morgan fingerprint density at radius 2 is 1.90 bits per heavy atom. The number of hydrogen-bond donors (Lipinski definition) is 1. The minimum Gasteiger partial charge on any atom is -0.475 e. The second-order valence-electron chi connectivity index (χ2n) is 6.57. The lowest BCUT2D eigenvalue weighted by molar-refractivity contribution is -0.384. The van der Waals surface area contributed by atoms with Gasteiger partial charge >= 0.3 is 5.97 Å². The van der Waals surface area contributed by atoms with Crippen LogP contribution in [0.2, 0.25) is 0 Å². The van der Waals surface area contributed by atoms with Gasteiger partial charge in [-0.3, -0.25) is 14.9 Å². The number of nitro benzene ring substituents is 1. The van der Waals surface area contributed by atoms with Crippen LogP contribution in [-0.4, -0.2) is 55.5 Å². The van der Waals surface area contributed by atoms with Gasteiger partial charge in [-0.2, -0.15) is 0 Å². The Hall–Kier alpha value is -3.99. The van der Waals surface area contributed by atoms with Gasteiger partial charge in [-0.1, -0.05) is 12.1 Å². The molecular weight excluding hydrogens is 397 g/mol. The van der Waals surface area contributed by atoms with Crippen molar-refractivity contribution in [2.45, 2.75) is 6.54 Å². The van der Waals surface area contributed by atoms with Crippen molar-refractivity contribution in [2.75, 3.05) is 14.1 Å². The summed E-state index contributed by atoms with van der Waals surface area (Å²) < 4.78 is 15.3. The summed E-state index contributed by atoms with van der Waals surface area (Å²) in [7, 11) is 3.45. The molecule has 11 heteroatoms. The van der Waals surface area contributed by atoms with Crippen LogP contribution < -0.4 is 0 Å². The highest BCUT2D eigenvalue weighted by Crippen LogP contribution is 2.26. The number of nitro groups is 1. The zero-order valence-electron chi connectivity index (χ0n) is 15.9. The lowest BCUT2D eigenvalue weighted by atomic mass is 10.0. The van der Waals surface area contributed by atoms with Crippen molar-refractivity contribution < 1.29 is 24.0 Å². The third-order valence-electron chi connectivity index (χ3n) is 4.11. The number of rotatable bonds is 7. The maximum atomic E-state index is 14.2. The number of ketones is 1. The maximum absolute atomic E-state index is 14.2. The number of aromatic carboxylic acids is 1. The topological polar surface area (TPSA) is 131 Å². The van der Waals surface area contributed by atoms with E-state index in [1.807, 2.05) is 0 Å². The van der Waals surface area contributed by atoms with Gasteiger partial charge in [0.2, 0.25) is 0 Å². The van der Waals surface area contributed by atoms with E-state index in [1.165, 1.54) is 24.3 Å². The highest BCUT2D eigenvalue weighted by molar-refractivity contribution is 6.11. The van der Waals surface area contributed by atoms with Gasteiger partial charge in [0.15, 0.2) is 5.78 Å². The van der Waals surface area contributed by atoms with Crippen LogP contribution >= 0.6 is 0 Å². The molecule has 0 radical (unpaired) electrons. The molecule has 0 aliphatic heterocycles. The Bertz CT molecular complexity index is 1160. The molecule has 0 fully saturated rings. The molecule has 10 nitrogen and oxygen atoms in total. The van der Waals surface area contributed by atoms with E-state index in [1.54, 1.807) is 19.0 Å². The van der Waals surface area contributed by atoms with E-state index in [2.05, 4.69) is 10.1 Å². The standard InChI is InChI=1S/C19H16FN5O5/c1-23(2)10-16-21-18(19(27)28)22-24(16)15-8-7-11(25(29)30)9-13(15)17(26)12-5-3-4-6-14(12)20/h3-9H,10H2,1-2H3,(H,27,28). The fourth-order valence-corrected chi connectivity index (χ4v) is 2.81. The van der Waals surface area contributed by atoms with E-state index in [0.717, 1.165) is 22.9 Å². The predicted octanol–water partition coefficient (Wildman–Crippen LogP) is 2.31. The van der Waals surface area contributed by atoms with Gasteiger partial charge in [0.1, 0.15) is 11.6 Å². The van der Waals surface area contributed by atoms with Gasteiger partial charge < -0.3 is 10.0 Å². The number of nitrogens with zero attached hydrogens (tertiary/aromatic N) is 5. The van der Waals surface area contributed by atoms with Gasteiger partial charge in [-0.25, -0.2) is 18.9 Å². The fourth-order valence-electron chi connectivity index (χ4n) is 2.81. The Morgan fingerprint density at radius 3 is 2.50 bits per heavy atom. The number of hydrogen-bond acceptors (Lipinski definition) is 7. The lowest BCUT2D eigenvalue weighted by Gasteiger charge is -2.13. The predicted molar refractivity (Wildman–Crippen MR) is 102 cm³/mol. The first kappa shape index (κ1) is 20.7. The van der Waals surface area contributed by atoms with Crippen LogP contribution in [-0.2, 0) is 6.54 Å². The minimum absolute atomic E-state index is 0.0469. The molecular formula is C19H16FN5O5. The summed E-state index contributed by atoms with van der Waals surface area (Å²) in [6, 6.07) is 8.63. The minimum atomic E-state index is -1.38. The molecule has 0 amide bonds. The van der Waals surface area contributed by atoms with Crippen molar-refractivity contribution in [3.63, 3.8) is 0 Å². The summed E-state index contributed by atoms with van der Waals surface area (Å²) in [6.07, 6.45) is 0. The molecule has 0 aliphatic carbocycles. The smallest absolute Gasteiger partial charge is 0.375 e. The second kappa shape index (κ2) is 8.17. The first-order chi connectivity index (χ1) is 14.2. The van der Waals surface area contributed by atoms with Crippen LogP contribution in [0.25, 0.3) is 5.69 Å². The number of carbonyl (C=O) groups is 2. The Kier molecular flexibility index (Phi) is 5.65. The van der Waals surface area contributed by atoms with Crippen LogP contribution in [0.3, 0.4) is 0 Å². The van der Waals surface area contributed by atoms with E-state index >= 15 is 0 Å². The van der Waals surface area contributed by atoms with Crippen molar-refractivity contribution in [2.24, 2.45) is 0 Å². The van der Waals surface area contributed by atoms with Crippen LogP contribution in [0, 0.1) is 15.9 Å². The van der Waals surface area contributed by atoms with Crippen LogP contribution in [0.4, 0.5) is 10.1 Å².